The Balaban J connectivity index is 0.000000107. The lowest BCUT2D eigenvalue weighted by atomic mass is 9.93. The molecule has 18 aromatic carbocycles. The molecule has 0 bridgehead atoms. The summed E-state index contributed by atoms with van der Waals surface area (Å²) in [5.41, 5.74) is 32.5. The molecule has 0 N–H and O–H groups in total. The summed E-state index contributed by atoms with van der Waals surface area (Å²) in [7, 11) is 0. The zero-order valence-electron chi connectivity index (χ0n) is 66.7. The summed E-state index contributed by atoms with van der Waals surface area (Å²) in [6.45, 7) is 15.2. The van der Waals surface area contributed by atoms with E-state index in [4.69, 9.17) is 28.2 Å². The van der Waals surface area contributed by atoms with Crippen LogP contribution in [-0.2, 0) is 0 Å². The number of aromatic nitrogens is 6. The van der Waals surface area contributed by atoms with Gasteiger partial charge in [-0.05, 0) is 230 Å². The molecule has 0 aliphatic rings. The van der Waals surface area contributed by atoms with Crippen LogP contribution < -0.4 is 0 Å². The smallest absolute Gasteiger partial charge is 0.143 e. The second-order valence-electron chi connectivity index (χ2n) is 32.1. The van der Waals surface area contributed by atoms with Crippen molar-refractivity contribution < 1.29 is 13.3 Å². The molecule has 564 valence electrons. The summed E-state index contributed by atoms with van der Waals surface area (Å²) in [6.07, 6.45) is 10.6. The van der Waals surface area contributed by atoms with Gasteiger partial charge in [0.2, 0.25) is 0 Å². The van der Waals surface area contributed by atoms with Gasteiger partial charge in [-0.2, -0.15) is 0 Å². The summed E-state index contributed by atoms with van der Waals surface area (Å²) in [4.78, 5) is 28.1. The van der Waals surface area contributed by atoms with Gasteiger partial charge in [-0.1, -0.05) is 232 Å². The monoisotopic (exact) mass is 1530 g/mol. The second kappa shape index (κ2) is 28.1. The highest BCUT2D eigenvalue weighted by Crippen LogP contribution is 2.46. The van der Waals surface area contributed by atoms with Gasteiger partial charge in [0.15, 0.2) is 0 Å². The molecule has 6 aromatic heterocycles. The van der Waals surface area contributed by atoms with Crippen LogP contribution >= 0.6 is 0 Å². The van der Waals surface area contributed by atoms with Gasteiger partial charge in [0, 0.05) is 119 Å². The average Bonchev–Trinajstić information content (AvgIpc) is 1.72. The van der Waals surface area contributed by atoms with Gasteiger partial charge in [0.1, 0.15) is 33.5 Å². The zero-order valence-corrected chi connectivity index (χ0v) is 66.7. The fourth-order valence-corrected chi connectivity index (χ4v) is 18.6. The molecule has 0 aliphatic heterocycles. The molecule has 24 aromatic rings. The van der Waals surface area contributed by atoms with Crippen LogP contribution in [0, 0.1) is 34.6 Å². The van der Waals surface area contributed by atoms with Crippen molar-refractivity contribution in [2.45, 2.75) is 54.4 Å². The van der Waals surface area contributed by atoms with Gasteiger partial charge in [0.05, 0.1) is 33.1 Å². The molecule has 0 saturated carbocycles. The predicted molar refractivity (Wildman–Crippen MR) is 496 cm³/mol. The first kappa shape index (κ1) is 70.6. The van der Waals surface area contributed by atoms with Crippen LogP contribution in [0.5, 0.6) is 0 Å². The van der Waals surface area contributed by atoms with Gasteiger partial charge in [-0.25, -0.2) is 0 Å². The number of benzene rings is 18. The maximum Gasteiger partial charge on any atom is 0.143 e. The Morgan fingerprint density at radius 1 is 0.202 bits per heavy atom. The molecule has 6 heterocycles. The van der Waals surface area contributed by atoms with E-state index in [1.54, 1.807) is 37.2 Å². The van der Waals surface area contributed by atoms with E-state index >= 15 is 0 Å². The molecule has 0 amide bonds. The van der Waals surface area contributed by atoms with E-state index < -0.39 is 0 Å². The number of hydrogen-bond donors (Lipinski definition) is 0. The maximum atomic E-state index is 6.61. The largest absolute Gasteiger partial charge is 0.455 e. The first-order valence-corrected chi connectivity index (χ1v) is 40.7. The summed E-state index contributed by atoms with van der Waals surface area (Å²) in [5, 5.41) is 20.9. The summed E-state index contributed by atoms with van der Waals surface area (Å²) >= 11 is 0. The molecule has 0 radical (unpaired) electrons. The molecule has 9 heteroatoms. The Morgan fingerprint density at radius 2 is 0.529 bits per heavy atom. The summed E-state index contributed by atoms with van der Waals surface area (Å²) < 4.78 is 19.6. The third-order valence-electron chi connectivity index (χ3n) is 24.1. The Labute approximate surface area is 685 Å². The summed E-state index contributed by atoms with van der Waals surface area (Å²) in [5.74, 6) is 0.392. The minimum Gasteiger partial charge on any atom is -0.455 e. The van der Waals surface area contributed by atoms with E-state index in [2.05, 4.69) is 355 Å². The maximum absolute atomic E-state index is 6.61. The third-order valence-corrected chi connectivity index (χ3v) is 24.1. The van der Waals surface area contributed by atoms with Crippen LogP contribution in [0.2, 0.25) is 0 Å². The van der Waals surface area contributed by atoms with Crippen LogP contribution in [0.15, 0.2) is 342 Å². The van der Waals surface area contributed by atoms with Crippen molar-refractivity contribution in [1.82, 2.24) is 29.9 Å². The van der Waals surface area contributed by atoms with Crippen molar-refractivity contribution in [2.75, 3.05) is 0 Å². The average molecular weight is 1530 g/mol. The van der Waals surface area contributed by atoms with E-state index in [1.165, 1.54) is 126 Å². The highest BCUT2D eigenvalue weighted by molar-refractivity contribution is 6.27. The lowest BCUT2D eigenvalue weighted by Crippen LogP contribution is -1.89. The molecule has 0 saturated heterocycles. The van der Waals surface area contributed by atoms with E-state index in [1.807, 2.05) is 0 Å². The topological polar surface area (TPSA) is 117 Å². The van der Waals surface area contributed by atoms with E-state index in [-0.39, 0.29) is 0 Å². The van der Waals surface area contributed by atoms with Crippen molar-refractivity contribution in [1.29, 1.82) is 0 Å². The molecular formula is C110H76N6O3. The molecule has 0 unspecified atom stereocenters. The van der Waals surface area contributed by atoms with Crippen LogP contribution in [0.3, 0.4) is 0 Å². The molecular weight excluding hydrogens is 1450 g/mol. The standard InChI is InChI=1S/2C37H26N2O.C36H24N2O/c1-21-15-23(3)36-32(17-21)33-18-22(2)16-30(37(33)40-36)26-8-6-7-24(19-26)25-11-12-29-31(20-25)27-9-4-5-10-28(27)34-35(29)39-14-13-38-34;1-22(2)26-12-6-14-31-32-15-7-13-27(37(32)40-36(26)31)25-9-5-8-23(20-25)24-16-17-30-33(21-24)28-10-3-4-11-29(28)34-35(30)39-19-18-38-34;1-21-10-13-33-31(16-21)32-18-22(2)17-29(36(32)39-33)25-7-5-6-23(19-25)24-11-12-28-30(20-24)26-8-3-4-9-27(26)34-35(28)38-15-14-37-34/h4-20H,1-3H3;3-22H,1-2H3;3-20H,1-2H3. The number of para-hydroxylation sites is 2. The van der Waals surface area contributed by atoms with E-state index in [0.717, 1.165) is 138 Å². The molecule has 119 heavy (non-hydrogen) atoms. The number of nitrogens with zero attached hydrogens (tertiary/aromatic N) is 6. The van der Waals surface area contributed by atoms with Gasteiger partial charge >= 0.3 is 0 Å². The minimum absolute atomic E-state index is 0.392. The van der Waals surface area contributed by atoms with Gasteiger partial charge in [0.25, 0.3) is 0 Å². The van der Waals surface area contributed by atoms with Crippen LogP contribution in [0.25, 0.3) is 230 Å². The molecule has 0 aliphatic carbocycles. The number of hydrogen-bond acceptors (Lipinski definition) is 9. The van der Waals surface area contributed by atoms with Gasteiger partial charge in [-0.3, -0.25) is 29.9 Å². The number of furan rings is 3. The lowest BCUT2D eigenvalue weighted by molar-refractivity contribution is 0.658. The number of rotatable bonds is 7. The van der Waals surface area contributed by atoms with Gasteiger partial charge in [-0.15, -0.1) is 0 Å². The Morgan fingerprint density at radius 3 is 0.983 bits per heavy atom. The Bertz CT molecular complexity index is 8270. The van der Waals surface area contributed by atoms with E-state index in [0.29, 0.717) is 5.92 Å². The van der Waals surface area contributed by atoms with Crippen molar-refractivity contribution in [2.24, 2.45) is 0 Å². The number of aryl methyl sites for hydroxylation is 5. The Kier molecular flexibility index (Phi) is 16.7. The highest BCUT2D eigenvalue weighted by atomic mass is 16.3. The van der Waals surface area contributed by atoms with Crippen LogP contribution in [-0.4, -0.2) is 29.9 Å². The molecule has 0 atom stereocenters. The first-order chi connectivity index (χ1) is 58.4. The van der Waals surface area contributed by atoms with Crippen LogP contribution in [0.1, 0.15) is 53.1 Å². The third kappa shape index (κ3) is 11.9. The minimum atomic E-state index is 0.392. The second-order valence-corrected chi connectivity index (χ2v) is 32.1. The van der Waals surface area contributed by atoms with Crippen molar-refractivity contribution >= 4 is 164 Å². The predicted octanol–water partition coefficient (Wildman–Crippen LogP) is 30.2. The highest BCUT2D eigenvalue weighted by Gasteiger charge is 2.23. The number of fused-ring (bicyclic) bond motifs is 27. The molecule has 24 rings (SSSR count). The fraction of sp³-hybridized carbons (Fsp3) is 0.0727. The van der Waals surface area contributed by atoms with Crippen LogP contribution in [0.4, 0.5) is 0 Å². The molecule has 0 fully saturated rings. The van der Waals surface area contributed by atoms with Crippen molar-refractivity contribution in [3.63, 3.8) is 0 Å². The molecule has 9 nitrogen and oxygen atoms in total. The first-order valence-electron chi connectivity index (χ1n) is 40.7. The van der Waals surface area contributed by atoms with Crippen molar-refractivity contribution in [3.8, 4) is 66.8 Å². The quantitative estimate of drug-likeness (QED) is 0.144. The van der Waals surface area contributed by atoms with Crippen molar-refractivity contribution in [3.05, 3.63) is 362 Å². The van der Waals surface area contributed by atoms with Gasteiger partial charge < -0.3 is 13.3 Å². The summed E-state index contributed by atoms with van der Waals surface area (Å²) in [6, 6.07) is 105. The SMILES string of the molecule is CC(C)c1cccc2c1oc1c(-c3cccc(-c4ccc5c(c4)c4ccccc4c4nccnc54)c3)cccc12.Cc1cc(C)c2oc3c(-c4cccc(-c5ccc6c(c5)c5ccccc5c5nccnc65)c4)cc(C)cc3c2c1.Cc1ccc2oc3c(-c4cccc(-c5ccc6c(c5)c5ccccc5c5nccnc65)c4)cc(C)cc3c2c1. The molecule has 0 spiro atoms. The lowest BCUT2D eigenvalue weighted by Gasteiger charge is -2.12. The normalized spacial score (nSPS) is 11.9. The van der Waals surface area contributed by atoms with E-state index in [9.17, 15) is 0 Å². The fourth-order valence-electron chi connectivity index (χ4n) is 18.6. The Hall–Kier alpha value is -15.1. The zero-order chi connectivity index (χ0) is 79.8.